The van der Waals surface area contributed by atoms with E-state index < -0.39 is 11.2 Å². The standard InChI is InChI=1S/C29H39NO5/c1-25(2,3)26(4,33)19-15-27-10-11-29(19,34-5)24-28(27)12-13-30(23(32)16-6-7-16)20(27)14-17-8-9-18(31)22(35-24)21(17)28/h8-9,16,19-20,24,31,33H,6-7,10-15H2,1-5H3/t19-,20-,24-,26?,27-,28+,29-/m1/s1. The molecule has 6 heteroatoms. The summed E-state index contributed by atoms with van der Waals surface area (Å²) in [7, 11) is 1.78. The first-order valence-corrected chi connectivity index (χ1v) is 13.5. The van der Waals surface area contributed by atoms with Crippen LogP contribution in [0.25, 0.3) is 0 Å². The van der Waals surface area contributed by atoms with Gasteiger partial charge in [0.2, 0.25) is 5.91 Å². The molecule has 2 spiro atoms. The Morgan fingerprint density at radius 2 is 1.91 bits per heavy atom. The Morgan fingerprint density at radius 1 is 1.17 bits per heavy atom. The van der Waals surface area contributed by atoms with Crippen molar-refractivity contribution >= 4 is 5.91 Å². The van der Waals surface area contributed by atoms with Crippen LogP contribution in [0.5, 0.6) is 11.5 Å². The van der Waals surface area contributed by atoms with Crippen LogP contribution in [0.1, 0.15) is 77.3 Å². The largest absolute Gasteiger partial charge is 0.504 e. The normalized spacial score (nSPS) is 42.3. The van der Waals surface area contributed by atoms with Crippen LogP contribution in [0, 0.1) is 22.7 Å². The number of methoxy groups -OCH3 is 1. The van der Waals surface area contributed by atoms with Crippen LogP contribution in [0.15, 0.2) is 12.1 Å². The Morgan fingerprint density at radius 3 is 2.57 bits per heavy atom. The molecule has 4 bridgehead atoms. The molecular formula is C29H39NO5. The van der Waals surface area contributed by atoms with Crippen LogP contribution in [0.2, 0.25) is 0 Å². The average Bonchev–Trinajstić information content (AvgIpc) is 3.59. The van der Waals surface area contributed by atoms with Gasteiger partial charge in [-0.3, -0.25) is 4.79 Å². The van der Waals surface area contributed by atoms with Crippen molar-refractivity contribution in [3.8, 4) is 11.5 Å². The van der Waals surface area contributed by atoms with Crippen LogP contribution in [0.4, 0.5) is 0 Å². The first-order chi connectivity index (χ1) is 16.4. The number of hydrogen-bond acceptors (Lipinski definition) is 5. The summed E-state index contributed by atoms with van der Waals surface area (Å²) in [5, 5.41) is 23.1. The van der Waals surface area contributed by atoms with Crippen LogP contribution in [0.3, 0.4) is 0 Å². The van der Waals surface area contributed by atoms with Crippen molar-refractivity contribution < 1.29 is 24.5 Å². The Bertz CT molecular complexity index is 1130. The monoisotopic (exact) mass is 481 g/mol. The van der Waals surface area contributed by atoms with Crippen LogP contribution >= 0.6 is 0 Å². The predicted octanol–water partition coefficient (Wildman–Crippen LogP) is 3.94. The minimum Gasteiger partial charge on any atom is -0.504 e. The molecule has 0 radical (unpaired) electrons. The van der Waals surface area contributed by atoms with E-state index in [0.29, 0.717) is 11.7 Å². The van der Waals surface area contributed by atoms with E-state index >= 15 is 0 Å². The highest BCUT2D eigenvalue weighted by molar-refractivity contribution is 5.82. The van der Waals surface area contributed by atoms with Gasteiger partial charge >= 0.3 is 0 Å². The second-order valence-electron chi connectivity index (χ2n) is 13.7. The quantitative estimate of drug-likeness (QED) is 0.684. The molecule has 7 aliphatic rings. The fraction of sp³-hybridized carbons (Fsp3) is 0.759. The Balaban J connectivity index is 1.49. The molecule has 2 N–H and O–H groups in total. The first kappa shape index (κ1) is 22.4. The van der Waals surface area contributed by atoms with Gasteiger partial charge in [-0.15, -0.1) is 0 Å². The van der Waals surface area contributed by atoms with E-state index in [1.165, 1.54) is 11.1 Å². The summed E-state index contributed by atoms with van der Waals surface area (Å²) in [4.78, 5) is 15.8. The number of fused-ring (bicyclic) bond motifs is 2. The van der Waals surface area contributed by atoms with E-state index in [1.54, 1.807) is 13.2 Å². The van der Waals surface area contributed by atoms with Crippen molar-refractivity contribution in [2.75, 3.05) is 13.7 Å². The Hall–Kier alpha value is -1.79. The van der Waals surface area contributed by atoms with E-state index in [-0.39, 0.29) is 46.0 Å². The van der Waals surface area contributed by atoms with Crippen molar-refractivity contribution in [3.63, 3.8) is 0 Å². The summed E-state index contributed by atoms with van der Waals surface area (Å²) in [6.07, 6.45) is 5.89. The third-order valence-electron chi connectivity index (χ3n) is 11.8. The SMILES string of the molecule is CO[C@]12CC[C@@]3(C[C@@H]1C(C)(O)C(C)(C)C)[C@H]1Cc4ccc(O)c5c4[C@@]3(CCN1C(=O)C1CC1)[C@H]2O5. The summed E-state index contributed by atoms with van der Waals surface area (Å²) >= 11 is 0. The van der Waals surface area contributed by atoms with Crippen LogP contribution in [-0.4, -0.2) is 58.0 Å². The van der Waals surface area contributed by atoms with Crippen molar-refractivity contribution in [2.24, 2.45) is 22.7 Å². The fourth-order valence-electron chi connectivity index (χ4n) is 9.46. The fourth-order valence-corrected chi connectivity index (χ4v) is 9.46. The summed E-state index contributed by atoms with van der Waals surface area (Å²) in [6, 6.07) is 3.90. The summed E-state index contributed by atoms with van der Waals surface area (Å²) in [5.74, 6) is 1.18. The van der Waals surface area contributed by atoms with E-state index in [0.717, 1.165) is 51.5 Å². The number of rotatable bonds is 3. The molecule has 8 rings (SSSR count). The molecule has 2 heterocycles. The third-order valence-corrected chi connectivity index (χ3v) is 11.8. The van der Waals surface area contributed by atoms with Gasteiger partial charge in [0.25, 0.3) is 0 Å². The highest BCUT2D eigenvalue weighted by Crippen LogP contribution is 2.78. The van der Waals surface area contributed by atoms with Crippen molar-refractivity contribution in [1.29, 1.82) is 0 Å². The first-order valence-electron chi connectivity index (χ1n) is 13.5. The van der Waals surface area contributed by atoms with Gasteiger partial charge in [0.1, 0.15) is 11.7 Å². The Kier molecular flexibility index (Phi) is 4.08. The zero-order valence-electron chi connectivity index (χ0n) is 21.7. The number of carbonyl (C=O) groups excluding carboxylic acids is 1. The smallest absolute Gasteiger partial charge is 0.225 e. The summed E-state index contributed by atoms with van der Waals surface area (Å²) in [5.41, 5.74) is -0.152. The number of aliphatic hydroxyl groups is 1. The number of phenolic OH excluding ortho intramolecular Hbond substituents is 1. The van der Waals surface area contributed by atoms with Crippen molar-refractivity contribution in [3.05, 3.63) is 23.3 Å². The highest BCUT2D eigenvalue weighted by atomic mass is 16.6. The molecule has 0 aromatic heterocycles. The summed E-state index contributed by atoms with van der Waals surface area (Å²) in [6.45, 7) is 9.01. The van der Waals surface area contributed by atoms with Gasteiger partial charge in [-0.25, -0.2) is 0 Å². The lowest BCUT2D eigenvalue weighted by molar-refractivity contribution is -0.311. The number of amides is 1. The maximum Gasteiger partial charge on any atom is 0.225 e. The number of piperidine rings is 1. The molecule has 1 unspecified atom stereocenters. The predicted molar refractivity (Wildman–Crippen MR) is 130 cm³/mol. The second-order valence-corrected chi connectivity index (χ2v) is 13.7. The van der Waals surface area contributed by atoms with E-state index in [9.17, 15) is 15.0 Å². The molecule has 190 valence electrons. The molecule has 1 aromatic rings. The lowest BCUT2D eigenvalue weighted by Gasteiger charge is -2.75. The number of likely N-dealkylation sites (tertiary alicyclic amines) is 1. The molecule has 5 fully saturated rings. The van der Waals surface area contributed by atoms with Gasteiger partial charge in [0.05, 0.1) is 5.60 Å². The molecule has 4 saturated carbocycles. The lowest BCUT2D eigenvalue weighted by atomic mass is 9.33. The zero-order valence-corrected chi connectivity index (χ0v) is 21.7. The number of carbonyl (C=O) groups is 1. The number of hydrogen-bond donors (Lipinski definition) is 2. The number of ether oxygens (including phenoxy) is 2. The highest BCUT2D eigenvalue weighted by Gasteiger charge is 2.82. The van der Waals surface area contributed by atoms with Gasteiger partial charge < -0.3 is 24.6 Å². The second kappa shape index (κ2) is 6.36. The maximum atomic E-state index is 13.6. The van der Waals surface area contributed by atoms with Gasteiger partial charge in [0.15, 0.2) is 11.5 Å². The minimum absolute atomic E-state index is 0.0897. The van der Waals surface area contributed by atoms with E-state index in [1.807, 2.05) is 6.92 Å². The summed E-state index contributed by atoms with van der Waals surface area (Å²) < 4.78 is 13.4. The van der Waals surface area contributed by atoms with Crippen molar-refractivity contribution in [1.82, 2.24) is 4.90 Å². The van der Waals surface area contributed by atoms with Gasteiger partial charge in [-0.05, 0) is 68.9 Å². The number of aromatic hydroxyl groups is 1. The molecule has 1 saturated heterocycles. The lowest BCUT2D eigenvalue weighted by Crippen LogP contribution is -2.83. The molecule has 1 amide bonds. The third kappa shape index (κ3) is 2.29. The minimum atomic E-state index is -1.00. The van der Waals surface area contributed by atoms with Gasteiger partial charge in [-0.1, -0.05) is 26.8 Å². The van der Waals surface area contributed by atoms with E-state index in [2.05, 4.69) is 31.7 Å². The number of phenols is 1. The molecule has 1 aromatic carbocycles. The molecule has 35 heavy (non-hydrogen) atoms. The van der Waals surface area contributed by atoms with Crippen LogP contribution < -0.4 is 4.74 Å². The number of benzene rings is 1. The number of nitrogens with zero attached hydrogens (tertiary/aromatic N) is 1. The topological polar surface area (TPSA) is 79.2 Å². The molecule has 2 aliphatic heterocycles. The molecule has 5 aliphatic carbocycles. The molecule has 7 atom stereocenters. The van der Waals surface area contributed by atoms with Crippen molar-refractivity contribution in [2.45, 2.75) is 101 Å². The maximum absolute atomic E-state index is 13.6. The van der Waals surface area contributed by atoms with E-state index in [4.69, 9.17) is 9.47 Å². The Labute approximate surface area is 208 Å². The average molecular weight is 482 g/mol. The molecular weight excluding hydrogens is 442 g/mol. The van der Waals surface area contributed by atoms with Gasteiger partial charge in [-0.2, -0.15) is 0 Å². The zero-order chi connectivity index (χ0) is 24.8. The molecule has 6 nitrogen and oxygen atoms in total. The van der Waals surface area contributed by atoms with Crippen LogP contribution in [-0.2, 0) is 21.4 Å². The van der Waals surface area contributed by atoms with Gasteiger partial charge in [0, 0.05) is 47.9 Å².